The van der Waals surface area contributed by atoms with Gasteiger partial charge in [0, 0.05) is 18.7 Å². The van der Waals surface area contributed by atoms with Gasteiger partial charge in [-0.3, -0.25) is 0 Å². The number of aromatic nitrogens is 2. The second-order valence-corrected chi connectivity index (χ2v) is 3.33. The fraction of sp³-hybridized carbons (Fsp3) is 0.182. The number of aryl methyl sites for hydroxylation is 2. The van der Waals surface area contributed by atoms with Crippen LogP contribution in [0.4, 0.5) is 0 Å². The number of nitrogens with zero attached hydrogens (tertiary/aromatic N) is 2. The van der Waals surface area contributed by atoms with Gasteiger partial charge >= 0.3 is 0 Å². The molecule has 3 nitrogen and oxygen atoms in total. The predicted octanol–water partition coefficient (Wildman–Crippen LogP) is 2.10. The average Bonchev–Trinajstić information content (AvgIpc) is 2.48. The zero-order valence-electron chi connectivity index (χ0n) is 8.23. The topological polar surface area (TPSA) is 38.0 Å². The Hall–Kier alpha value is -1.77. The van der Waals surface area contributed by atoms with Crippen LogP contribution in [-0.4, -0.2) is 14.9 Å². The van der Waals surface area contributed by atoms with Gasteiger partial charge in [0.05, 0.1) is 5.69 Å². The van der Waals surface area contributed by atoms with Gasteiger partial charge in [-0.25, -0.2) is 4.68 Å². The minimum absolute atomic E-state index is 0.184. The Kier molecular flexibility index (Phi) is 2.00. The van der Waals surface area contributed by atoms with E-state index in [-0.39, 0.29) is 5.88 Å². The van der Waals surface area contributed by atoms with Crippen LogP contribution in [0, 0.1) is 6.92 Å². The van der Waals surface area contributed by atoms with Crippen LogP contribution in [-0.2, 0) is 7.05 Å². The van der Waals surface area contributed by atoms with E-state index in [0.29, 0.717) is 0 Å². The van der Waals surface area contributed by atoms with E-state index in [1.165, 1.54) is 4.68 Å². The van der Waals surface area contributed by atoms with Crippen LogP contribution in [0.3, 0.4) is 0 Å². The molecule has 1 aromatic carbocycles. The molecule has 1 aromatic heterocycles. The fourth-order valence-electron chi connectivity index (χ4n) is 1.45. The predicted molar refractivity (Wildman–Crippen MR) is 55.0 cm³/mol. The monoisotopic (exact) mass is 188 g/mol. The molecular weight excluding hydrogens is 176 g/mol. The van der Waals surface area contributed by atoms with Crippen molar-refractivity contribution in [3.8, 4) is 17.1 Å². The summed E-state index contributed by atoms with van der Waals surface area (Å²) in [6.45, 7) is 2.03. The molecule has 72 valence electrons. The Morgan fingerprint density at radius 3 is 2.57 bits per heavy atom. The molecule has 2 rings (SSSR count). The van der Waals surface area contributed by atoms with E-state index >= 15 is 0 Å². The molecule has 1 heterocycles. The van der Waals surface area contributed by atoms with E-state index < -0.39 is 0 Å². The molecule has 3 heteroatoms. The second-order valence-electron chi connectivity index (χ2n) is 3.33. The summed E-state index contributed by atoms with van der Waals surface area (Å²) in [4.78, 5) is 0. The minimum Gasteiger partial charge on any atom is -0.493 e. The van der Waals surface area contributed by atoms with Crippen molar-refractivity contribution in [2.24, 2.45) is 7.05 Å². The van der Waals surface area contributed by atoms with Crippen molar-refractivity contribution in [1.29, 1.82) is 0 Å². The molecule has 0 radical (unpaired) electrons. The van der Waals surface area contributed by atoms with Crippen molar-refractivity contribution >= 4 is 0 Å². The zero-order chi connectivity index (χ0) is 10.1. The van der Waals surface area contributed by atoms with Crippen molar-refractivity contribution in [3.63, 3.8) is 0 Å². The lowest BCUT2D eigenvalue weighted by atomic mass is 10.1. The highest BCUT2D eigenvalue weighted by Gasteiger charge is 2.07. The number of hydrogen-bond acceptors (Lipinski definition) is 2. The molecule has 0 spiro atoms. The Bertz CT molecular complexity index is 441. The third kappa shape index (κ3) is 1.37. The molecule has 14 heavy (non-hydrogen) atoms. The molecule has 0 aliphatic heterocycles. The molecule has 0 amide bonds. The summed E-state index contributed by atoms with van der Waals surface area (Å²) in [6, 6.07) is 9.65. The van der Waals surface area contributed by atoms with Crippen molar-refractivity contribution < 1.29 is 5.11 Å². The molecular formula is C11H12N2O. The highest BCUT2D eigenvalue weighted by atomic mass is 16.3. The first-order chi connectivity index (χ1) is 6.68. The summed E-state index contributed by atoms with van der Waals surface area (Å²) in [6.07, 6.45) is 0. The second kappa shape index (κ2) is 3.18. The minimum atomic E-state index is 0.184. The molecule has 0 saturated heterocycles. The Labute approximate surface area is 82.6 Å². The van der Waals surface area contributed by atoms with Gasteiger partial charge in [0.2, 0.25) is 5.88 Å². The number of benzene rings is 1. The van der Waals surface area contributed by atoms with Crippen molar-refractivity contribution in [1.82, 2.24) is 9.78 Å². The van der Waals surface area contributed by atoms with Crippen LogP contribution in [0.15, 0.2) is 30.3 Å². The summed E-state index contributed by atoms with van der Waals surface area (Å²) in [5.41, 5.74) is 3.03. The quantitative estimate of drug-likeness (QED) is 0.744. The van der Waals surface area contributed by atoms with E-state index in [2.05, 4.69) is 5.10 Å². The average molecular weight is 188 g/mol. The number of rotatable bonds is 1. The summed E-state index contributed by atoms with van der Waals surface area (Å²) in [5.74, 6) is 0.184. The summed E-state index contributed by atoms with van der Waals surface area (Å²) in [5, 5.41) is 13.6. The lowest BCUT2D eigenvalue weighted by Gasteiger charge is -1.99. The van der Waals surface area contributed by atoms with E-state index in [4.69, 9.17) is 0 Å². The SMILES string of the molecule is Cc1ccccc1-c1cc(O)n(C)n1. The Balaban J connectivity index is 2.55. The van der Waals surface area contributed by atoms with Gasteiger partial charge in [0.15, 0.2) is 0 Å². The van der Waals surface area contributed by atoms with Crippen LogP contribution in [0.1, 0.15) is 5.56 Å². The first-order valence-electron chi connectivity index (χ1n) is 4.47. The molecule has 0 saturated carbocycles. The van der Waals surface area contributed by atoms with Gasteiger partial charge in [0.25, 0.3) is 0 Å². The maximum atomic E-state index is 9.39. The van der Waals surface area contributed by atoms with Gasteiger partial charge < -0.3 is 5.11 Å². The largest absolute Gasteiger partial charge is 0.493 e. The third-order valence-electron chi connectivity index (χ3n) is 2.28. The molecule has 0 fully saturated rings. The zero-order valence-corrected chi connectivity index (χ0v) is 8.23. The first kappa shape index (κ1) is 8.81. The van der Waals surface area contributed by atoms with E-state index in [9.17, 15) is 5.11 Å². The van der Waals surface area contributed by atoms with Crippen LogP contribution in [0.2, 0.25) is 0 Å². The van der Waals surface area contributed by atoms with Crippen LogP contribution in [0.5, 0.6) is 5.88 Å². The van der Waals surface area contributed by atoms with Gasteiger partial charge in [-0.05, 0) is 12.5 Å². The van der Waals surface area contributed by atoms with E-state index in [0.717, 1.165) is 16.8 Å². The smallest absolute Gasteiger partial charge is 0.209 e. The maximum Gasteiger partial charge on any atom is 0.209 e. The standard InChI is InChI=1S/C11H12N2O/c1-8-5-3-4-6-9(8)10-7-11(14)13(2)12-10/h3-7,14H,1-2H3. The van der Waals surface area contributed by atoms with Gasteiger partial charge in [-0.15, -0.1) is 0 Å². The van der Waals surface area contributed by atoms with Gasteiger partial charge in [0.1, 0.15) is 0 Å². The highest BCUT2D eigenvalue weighted by molar-refractivity contribution is 5.63. The van der Waals surface area contributed by atoms with Gasteiger partial charge in [-0.1, -0.05) is 24.3 Å². The van der Waals surface area contributed by atoms with Gasteiger partial charge in [-0.2, -0.15) is 5.10 Å². The fourth-order valence-corrected chi connectivity index (χ4v) is 1.45. The van der Waals surface area contributed by atoms with Crippen LogP contribution in [0.25, 0.3) is 11.3 Å². The van der Waals surface area contributed by atoms with Crippen molar-refractivity contribution in [3.05, 3.63) is 35.9 Å². The van der Waals surface area contributed by atoms with Crippen LogP contribution >= 0.6 is 0 Å². The van der Waals surface area contributed by atoms with Crippen molar-refractivity contribution in [2.45, 2.75) is 6.92 Å². The van der Waals surface area contributed by atoms with Crippen molar-refractivity contribution in [2.75, 3.05) is 0 Å². The summed E-state index contributed by atoms with van der Waals surface area (Å²) < 4.78 is 1.46. The van der Waals surface area contributed by atoms with Crippen LogP contribution < -0.4 is 0 Å². The third-order valence-corrected chi connectivity index (χ3v) is 2.28. The maximum absolute atomic E-state index is 9.39. The normalized spacial score (nSPS) is 10.4. The summed E-state index contributed by atoms with van der Waals surface area (Å²) >= 11 is 0. The molecule has 0 aliphatic rings. The first-order valence-corrected chi connectivity index (χ1v) is 4.47. The van der Waals surface area contributed by atoms with E-state index in [1.807, 2.05) is 31.2 Å². The number of aromatic hydroxyl groups is 1. The number of hydrogen-bond donors (Lipinski definition) is 1. The highest BCUT2D eigenvalue weighted by Crippen LogP contribution is 2.24. The molecule has 0 unspecified atom stereocenters. The molecule has 0 bridgehead atoms. The lowest BCUT2D eigenvalue weighted by molar-refractivity contribution is 0.419. The molecule has 0 aliphatic carbocycles. The van der Waals surface area contributed by atoms with E-state index in [1.54, 1.807) is 13.1 Å². The molecule has 2 aromatic rings. The molecule has 1 N–H and O–H groups in total. The summed E-state index contributed by atoms with van der Waals surface area (Å²) in [7, 11) is 1.72. The Morgan fingerprint density at radius 1 is 1.29 bits per heavy atom. The Morgan fingerprint density at radius 2 is 2.00 bits per heavy atom. The molecule has 0 atom stereocenters. The lowest BCUT2D eigenvalue weighted by Crippen LogP contribution is -1.90.